The van der Waals surface area contributed by atoms with Crippen LogP contribution in [0, 0.1) is 24.6 Å². The minimum Gasteiger partial charge on any atom is -0.337 e. The number of amides is 1. The fourth-order valence-electron chi connectivity index (χ4n) is 4.05. The summed E-state index contributed by atoms with van der Waals surface area (Å²) in [7, 11) is 0. The molecule has 1 saturated carbocycles. The standard InChI is InChI=1S/C12H10FN3O.C10H13N3.H2/c1-8-2-3-10(16-7-17)4-11(8)12-14-5-9(13)6-15-12;1-7-8-3-6-13(9(7)8)10-11-4-2-5-12-10;/h2-7H,1H3,(H,16,17);2,4-5,7-9H,3,6H2,1H3;1H. The number of carbonyl (C=O) groups is 1. The molecule has 30 heavy (non-hydrogen) atoms. The molecule has 2 fully saturated rings. The Morgan fingerprint density at radius 3 is 2.57 bits per heavy atom. The van der Waals surface area contributed by atoms with Gasteiger partial charge in [0.15, 0.2) is 11.6 Å². The zero-order valence-corrected chi connectivity index (χ0v) is 16.9. The molecule has 5 rings (SSSR count). The van der Waals surface area contributed by atoms with Crippen molar-refractivity contribution < 1.29 is 10.6 Å². The van der Waals surface area contributed by atoms with Crippen molar-refractivity contribution in [2.24, 2.45) is 11.8 Å². The van der Waals surface area contributed by atoms with E-state index in [9.17, 15) is 9.18 Å². The normalized spacial score (nSPS) is 21.3. The van der Waals surface area contributed by atoms with Crippen molar-refractivity contribution in [3.63, 3.8) is 0 Å². The highest BCUT2D eigenvalue weighted by atomic mass is 19.1. The van der Waals surface area contributed by atoms with Gasteiger partial charge in [-0.2, -0.15) is 0 Å². The van der Waals surface area contributed by atoms with E-state index < -0.39 is 5.82 Å². The van der Waals surface area contributed by atoms with Gasteiger partial charge in [0.25, 0.3) is 0 Å². The van der Waals surface area contributed by atoms with Crippen molar-refractivity contribution in [2.45, 2.75) is 26.3 Å². The SMILES string of the molecule is CC1C2CCN(c3ncccn3)C12.Cc1ccc(NC=O)cc1-c1ncc(F)cn1.[HH]. The molecule has 0 spiro atoms. The first-order chi connectivity index (χ1) is 14.6. The second kappa shape index (κ2) is 8.52. The molecule has 7 nitrogen and oxygen atoms in total. The lowest BCUT2D eigenvalue weighted by Crippen LogP contribution is -2.26. The van der Waals surface area contributed by atoms with Crippen molar-refractivity contribution in [1.29, 1.82) is 0 Å². The molecule has 2 aliphatic rings. The number of rotatable bonds is 4. The summed E-state index contributed by atoms with van der Waals surface area (Å²) in [5.74, 6) is 2.65. The van der Waals surface area contributed by atoms with Crippen molar-refractivity contribution in [3.05, 3.63) is 60.4 Å². The molecule has 1 aliphatic heterocycles. The number of halogens is 1. The van der Waals surface area contributed by atoms with E-state index in [4.69, 9.17) is 0 Å². The van der Waals surface area contributed by atoms with Gasteiger partial charge in [-0.05, 0) is 48.9 Å². The highest BCUT2D eigenvalue weighted by molar-refractivity contribution is 5.75. The number of aryl methyl sites for hydroxylation is 1. The van der Waals surface area contributed by atoms with Crippen LogP contribution >= 0.6 is 0 Å². The molecular weight excluding hydrogens is 383 g/mol. The summed E-state index contributed by atoms with van der Waals surface area (Å²) < 4.78 is 12.7. The first-order valence-corrected chi connectivity index (χ1v) is 9.91. The number of carbonyl (C=O) groups excluding carboxylic acids is 1. The third kappa shape index (κ3) is 4.12. The third-order valence-electron chi connectivity index (χ3n) is 5.71. The van der Waals surface area contributed by atoms with Crippen molar-refractivity contribution in [3.8, 4) is 11.4 Å². The smallest absolute Gasteiger partial charge is 0.225 e. The number of anilines is 2. The zero-order valence-electron chi connectivity index (χ0n) is 16.9. The van der Waals surface area contributed by atoms with Gasteiger partial charge in [-0.25, -0.2) is 24.3 Å². The van der Waals surface area contributed by atoms with Crippen LogP contribution in [0.5, 0.6) is 0 Å². The van der Waals surface area contributed by atoms with Crippen LogP contribution in [0.4, 0.5) is 16.0 Å². The zero-order chi connectivity index (χ0) is 21.1. The van der Waals surface area contributed by atoms with Gasteiger partial charge in [-0.3, -0.25) is 4.79 Å². The molecule has 156 valence electrons. The summed E-state index contributed by atoms with van der Waals surface area (Å²) in [5.41, 5.74) is 2.36. The molecule has 1 saturated heterocycles. The minimum atomic E-state index is -0.478. The van der Waals surface area contributed by atoms with Crippen LogP contribution in [0.2, 0.25) is 0 Å². The number of hydrogen-bond donors (Lipinski definition) is 1. The lowest BCUT2D eigenvalue weighted by molar-refractivity contribution is -0.105. The van der Waals surface area contributed by atoms with Gasteiger partial charge in [0, 0.05) is 37.7 Å². The quantitative estimate of drug-likeness (QED) is 0.663. The molecule has 0 bridgehead atoms. The monoisotopic (exact) mass is 408 g/mol. The summed E-state index contributed by atoms with van der Waals surface area (Å²) in [4.78, 5) is 29.1. The second-order valence-electron chi connectivity index (χ2n) is 7.56. The second-order valence-corrected chi connectivity index (χ2v) is 7.56. The topological polar surface area (TPSA) is 83.9 Å². The van der Waals surface area contributed by atoms with E-state index in [1.165, 1.54) is 6.42 Å². The van der Waals surface area contributed by atoms with E-state index in [1.54, 1.807) is 12.1 Å². The summed E-state index contributed by atoms with van der Waals surface area (Å²) in [6.45, 7) is 5.36. The summed E-state index contributed by atoms with van der Waals surface area (Å²) >= 11 is 0. The van der Waals surface area contributed by atoms with E-state index in [0.717, 1.165) is 53.9 Å². The Morgan fingerprint density at radius 2 is 1.93 bits per heavy atom. The predicted molar refractivity (Wildman–Crippen MR) is 114 cm³/mol. The maximum atomic E-state index is 12.7. The Morgan fingerprint density at radius 1 is 1.20 bits per heavy atom. The van der Waals surface area contributed by atoms with E-state index in [2.05, 4.69) is 37.1 Å². The average Bonchev–Trinajstić information content (AvgIpc) is 3.20. The summed E-state index contributed by atoms with van der Waals surface area (Å²) in [6.07, 6.45) is 7.79. The van der Waals surface area contributed by atoms with Crippen LogP contribution in [0.1, 0.15) is 20.3 Å². The maximum Gasteiger partial charge on any atom is 0.225 e. The Hall–Kier alpha value is -3.42. The Labute approximate surface area is 175 Å². The highest BCUT2D eigenvalue weighted by Gasteiger charge is 2.55. The van der Waals surface area contributed by atoms with Crippen LogP contribution in [-0.4, -0.2) is 38.9 Å². The van der Waals surface area contributed by atoms with Crippen LogP contribution in [-0.2, 0) is 4.79 Å². The predicted octanol–water partition coefficient (Wildman–Crippen LogP) is 3.73. The number of nitrogens with zero attached hydrogens (tertiary/aromatic N) is 5. The fraction of sp³-hybridized carbons (Fsp3) is 0.318. The molecule has 8 heteroatoms. The summed E-state index contributed by atoms with van der Waals surface area (Å²) in [5, 5.41) is 2.55. The van der Waals surface area contributed by atoms with Crippen molar-refractivity contribution in [1.82, 2.24) is 19.9 Å². The van der Waals surface area contributed by atoms with Crippen LogP contribution in [0.15, 0.2) is 49.1 Å². The van der Waals surface area contributed by atoms with Gasteiger partial charge in [0.05, 0.1) is 12.4 Å². The Bertz CT molecular complexity index is 1020. The highest BCUT2D eigenvalue weighted by Crippen LogP contribution is 2.50. The van der Waals surface area contributed by atoms with Gasteiger partial charge >= 0.3 is 0 Å². The van der Waals surface area contributed by atoms with Crippen LogP contribution in [0.3, 0.4) is 0 Å². The largest absolute Gasteiger partial charge is 0.337 e. The third-order valence-corrected chi connectivity index (χ3v) is 5.71. The molecule has 3 unspecified atom stereocenters. The molecular formula is C22H25FN6O. The molecule has 3 atom stereocenters. The van der Waals surface area contributed by atoms with Gasteiger partial charge in [-0.15, -0.1) is 0 Å². The molecule has 1 N–H and O–H groups in total. The van der Waals surface area contributed by atoms with Crippen molar-refractivity contribution >= 4 is 18.0 Å². The molecule has 1 aliphatic carbocycles. The van der Waals surface area contributed by atoms with E-state index in [1.807, 2.05) is 31.5 Å². The first-order valence-electron chi connectivity index (χ1n) is 9.91. The molecule has 1 amide bonds. The number of aromatic nitrogens is 4. The maximum absolute atomic E-state index is 12.7. The first kappa shape index (κ1) is 19.9. The van der Waals surface area contributed by atoms with Gasteiger partial charge < -0.3 is 10.2 Å². The number of fused-ring (bicyclic) bond motifs is 1. The van der Waals surface area contributed by atoms with E-state index in [-0.39, 0.29) is 1.43 Å². The molecule has 3 heterocycles. The minimum absolute atomic E-state index is 0. The van der Waals surface area contributed by atoms with Crippen LogP contribution < -0.4 is 10.2 Å². The van der Waals surface area contributed by atoms with Gasteiger partial charge in [0.2, 0.25) is 12.4 Å². The number of nitrogens with one attached hydrogen (secondary N) is 1. The lowest BCUT2D eigenvalue weighted by Gasteiger charge is -2.18. The average molecular weight is 408 g/mol. The molecule has 3 aromatic rings. The van der Waals surface area contributed by atoms with E-state index in [0.29, 0.717) is 17.9 Å². The van der Waals surface area contributed by atoms with Gasteiger partial charge in [0.1, 0.15) is 0 Å². The lowest BCUT2D eigenvalue weighted by atomic mass is 10.1. The number of hydrogen-bond acceptors (Lipinski definition) is 6. The van der Waals surface area contributed by atoms with E-state index >= 15 is 0 Å². The Balaban J connectivity index is 0.000000175. The molecule has 1 aromatic carbocycles. The number of piperidine rings is 1. The molecule has 2 aromatic heterocycles. The van der Waals surface area contributed by atoms with Crippen LogP contribution in [0.25, 0.3) is 11.4 Å². The molecule has 0 radical (unpaired) electrons. The van der Waals surface area contributed by atoms with Crippen molar-refractivity contribution in [2.75, 3.05) is 16.8 Å². The summed E-state index contributed by atoms with van der Waals surface area (Å²) in [6, 6.07) is 7.97. The fourth-order valence-corrected chi connectivity index (χ4v) is 4.05. The van der Waals surface area contributed by atoms with Gasteiger partial charge in [-0.1, -0.05) is 13.0 Å². The number of benzene rings is 1. The Kier molecular flexibility index (Phi) is 5.65.